The Morgan fingerprint density at radius 2 is 1.94 bits per heavy atom. The third-order valence-electron chi connectivity index (χ3n) is 6.49. The maximum atomic E-state index is 12.3. The summed E-state index contributed by atoms with van der Waals surface area (Å²) in [6, 6.07) is 17.9. The molecule has 4 rings (SSSR count). The summed E-state index contributed by atoms with van der Waals surface area (Å²) in [6.45, 7) is 6.63. The summed E-state index contributed by atoms with van der Waals surface area (Å²) < 4.78 is 11.3. The highest BCUT2D eigenvalue weighted by Crippen LogP contribution is 2.44. The third kappa shape index (κ3) is 4.65. The fourth-order valence-electron chi connectivity index (χ4n) is 4.56. The zero-order valence-corrected chi connectivity index (χ0v) is 19.9. The molecule has 6 nitrogen and oxygen atoms in total. The predicted octanol–water partition coefficient (Wildman–Crippen LogP) is 5.10. The zero-order chi connectivity index (χ0) is 23.6. The molecule has 0 aliphatic carbocycles. The summed E-state index contributed by atoms with van der Waals surface area (Å²) in [4.78, 5) is 14.6. The van der Waals surface area contributed by atoms with E-state index < -0.39 is 0 Å². The van der Waals surface area contributed by atoms with Gasteiger partial charge in [0.15, 0.2) is 6.61 Å². The van der Waals surface area contributed by atoms with Crippen LogP contribution in [0.1, 0.15) is 44.2 Å². The van der Waals surface area contributed by atoms with Crippen molar-refractivity contribution in [3.05, 3.63) is 65.7 Å². The summed E-state index contributed by atoms with van der Waals surface area (Å²) in [5.74, 6) is 1.47. The van der Waals surface area contributed by atoms with Crippen LogP contribution in [-0.4, -0.2) is 38.4 Å². The molecular weight excluding hydrogens is 414 g/mol. The second-order valence-electron chi connectivity index (χ2n) is 9.19. The lowest BCUT2D eigenvalue weighted by molar-refractivity contribution is -0.123. The van der Waals surface area contributed by atoms with Gasteiger partial charge in [0.05, 0.1) is 13.3 Å². The number of rotatable bonds is 6. The number of anilines is 1. The van der Waals surface area contributed by atoms with Gasteiger partial charge in [-0.1, -0.05) is 43.3 Å². The highest BCUT2D eigenvalue weighted by Gasteiger charge is 2.34. The largest absolute Gasteiger partial charge is 0.496 e. The zero-order valence-electron chi connectivity index (χ0n) is 19.9. The Morgan fingerprint density at radius 3 is 2.73 bits per heavy atom. The van der Waals surface area contributed by atoms with E-state index in [0.29, 0.717) is 11.7 Å². The van der Waals surface area contributed by atoms with Crippen LogP contribution in [0.25, 0.3) is 10.8 Å². The molecule has 6 heteroatoms. The molecule has 1 aliphatic heterocycles. The van der Waals surface area contributed by atoms with E-state index in [-0.39, 0.29) is 18.1 Å². The first kappa shape index (κ1) is 22.6. The van der Waals surface area contributed by atoms with Crippen LogP contribution in [-0.2, 0) is 4.79 Å². The molecular formula is C27H31N3O3. The van der Waals surface area contributed by atoms with Crippen molar-refractivity contribution in [3.8, 4) is 11.5 Å². The molecule has 1 aliphatic rings. The molecule has 3 aromatic rings. The number of nitrogens with one attached hydrogen (secondary N) is 1. The minimum Gasteiger partial charge on any atom is -0.496 e. The van der Waals surface area contributed by atoms with Gasteiger partial charge in [-0.15, -0.1) is 0 Å². The minimum atomic E-state index is -0.328. The van der Waals surface area contributed by atoms with E-state index in [1.165, 1.54) is 11.3 Å². The number of ether oxygens (including phenoxy) is 2. The van der Waals surface area contributed by atoms with Gasteiger partial charge in [0.25, 0.3) is 5.91 Å². The van der Waals surface area contributed by atoms with Crippen LogP contribution < -0.4 is 19.8 Å². The molecule has 1 unspecified atom stereocenters. The van der Waals surface area contributed by atoms with Gasteiger partial charge in [0, 0.05) is 35.3 Å². The van der Waals surface area contributed by atoms with E-state index in [2.05, 4.69) is 55.4 Å². The molecule has 1 atom stereocenters. The Bertz CT molecular complexity index is 1200. The summed E-state index contributed by atoms with van der Waals surface area (Å²) in [5.41, 5.74) is 5.87. The number of amides is 1. The lowest BCUT2D eigenvalue weighted by atomic mass is 9.80. The van der Waals surface area contributed by atoms with Crippen molar-refractivity contribution in [1.82, 2.24) is 5.43 Å². The molecule has 0 fully saturated rings. The van der Waals surface area contributed by atoms with Crippen LogP contribution in [0.5, 0.6) is 11.5 Å². The maximum absolute atomic E-state index is 12.3. The normalized spacial score (nSPS) is 17.1. The lowest BCUT2D eigenvalue weighted by Crippen LogP contribution is -2.45. The summed E-state index contributed by atoms with van der Waals surface area (Å²) in [5, 5.41) is 6.18. The van der Waals surface area contributed by atoms with Crippen molar-refractivity contribution in [2.24, 2.45) is 5.10 Å². The second kappa shape index (κ2) is 9.14. The van der Waals surface area contributed by atoms with Crippen LogP contribution in [0.2, 0.25) is 0 Å². The Kier molecular flexibility index (Phi) is 6.27. The van der Waals surface area contributed by atoms with E-state index in [0.717, 1.165) is 28.5 Å². The van der Waals surface area contributed by atoms with Crippen LogP contribution in [0.15, 0.2) is 59.7 Å². The first-order valence-electron chi connectivity index (χ1n) is 11.2. The van der Waals surface area contributed by atoms with E-state index in [4.69, 9.17) is 9.47 Å². The average molecular weight is 446 g/mol. The predicted molar refractivity (Wildman–Crippen MR) is 134 cm³/mol. The van der Waals surface area contributed by atoms with Crippen LogP contribution in [0.4, 0.5) is 5.69 Å². The average Bonchev–Trinajstić information content (AvgIpc) is 2.80. The first-order chi connectivity index (χ1) is 15.8. The number of hydrogen-bond acceptors (Lipinski definition) is 5. The van der Waals surface area contributed by atoms with Crippen LogP contribution in [0, 0.1) is 0 Å². The minimum absolute atomic E-state index is 0.0745. The van der Waals surface area contributed by atoms with Crippen molar-refractivity contribution in [2.45, 2.75) is 38.6 Å². The van der Waals surface area contributed by atoms with Crippen molar-refractivity contribution in [1.29, 1.82) is 0 Å². The van der Waals surface area contributed by atoms with Crippen LogP contribution >= 0.6 is 0 Å². The number of hydrogen-bond donors (Lipinski definition) is 1. The SMILES string of the molecule is COc1cc2c(cc1/C=N/NC(=O)COc1cccc3ccccc13)C(C)CC(C)(C)N2C. The lowest BCUT2D eigenvalue weighted by Gasteiger charge is -2.45. The fraction of sp³-hybridized carbons (Fsp3) is 0.333. The molecule has 33 heavy (non-hydrogen) atoms. The molecule has 1 amide bonds. The molecule has 0 spiro atoms. The van der Waals surface area contributed by atoms with E-state index in [9.17, 15) is 4.79 Å². The Balaban J connectivity index is 1.45. The molecule has 3 aromatic carbocycles. The molecule has 1 N–H and O–H groups in total. The number of methoxy groups -OCH3 is 1. The van der Waals surface area contributed by atoms with Gasteiger partial charge in [-0.05, 0) is 49.3 Å². The van der Waals surface area contributed by atoms with Crippen molar-refractivity contribution < 1.29 is 14.3 Å². The summed E-state index contributed by atoms with van der Waals surface area (Å²) in [7, 11) is 3.77. The van der Waals surface area contributed by atoms with Gasteiger partial charge >= 0.3 is 0 Å². The van der Waals surface area contributed by atoms with Crippen molar-refractivity contribution >= 4 is 28.6 Å². The Morgan fingerprint density at radius 1 is 1.18 bits per heavy atom. The summed E-state index contributed by atoms with van der Waals surface area (Å²) in [6.07, 6.45) is 2.68. The molecule has 1 heterocycles. The first-order valence-corrected chi connectivity index (χ1v) is 11.2. The maximum Gasteiger partial charge on any atom is 0.277 e. The molecule has 0 saturated carbocycles. The second-order valence-corrected chi connectivity index (χ2v) is 9.19. The molecule has 0 radical (unpaired) electrons. The quantitative estimate of drug-likeness (QED) is 0.424. The third-order valence-corrected chi connectivity index (χ3v) is 6.49. The van der Waals surface area contributed by atoms with Gasteiger partial charge in [0.1, 0.15) is 11.5 Å². The molecule has 0 saturated heterocycles. The van der Waals surface area contributed by atoms with E-state index >= 15 is 0 Å². The van der Waals surface area contributed by atoms with Gasteiger partial charge in [-0.25, -0.2) is 5.43 Å². The van der Waals surface area contributed by atoms with Crippen molar-refractivity contribution in [3.63, 3.8) is 0 Å². The number of hydrazone groups is 1. The topological polar surface area (TPSA) is 63.2 Å². The standard InChI is InChI=1S/C27H31N3O3/c1-18-15-27(2,3)30(4)23-14-25(32-5)20(13-22(18)23)16-28-29-26(31)17-33-24-12-8-10-19-9-6-7-11-21(19)24/h6-14,16,18H,15,17H2,1-5H3,(H,29,31)/b28-16+. The number of nitrogens with zero attached hydrogens (tertiary/aromatic N) is 2. The fourth-order valence-corrected chi connectivity index (χ4v) is 4.56. The van der Waals surface area contributed by atoms with Crippen LogP contribution in [0.3, 0.4) is 0 Å². The Hall–Kier alpha value is -3.54. The van der Waals surface area contributed by atoms with Crippen molar-refractivity contribution in [2.75, 3.05) is 25.7 Å². The number of carbonyl (C=O) groups is 1. The highest BCUT2D eigenvalue weighted by atomic mass is 16.5. The molecule has 0 bridgehead atoms. The number of fused-ring (bicyclic) bond motifs is 2. The monoisotopic (exact) mass is 445 g/mol. The number of benzene rings is 3. The molecule has 172 valence electrons. The molecule has 0 aromatic heterocycles. The van der Waals surface area contributed by atoms with Gasteiger partial charge < -0.3 is 14.4 Å². The number of carbonyl (C=O) groups excluding carboxylic acids is 1. The summed E-state index contributed by atoms with van der Waals surface area (Å²) >= 11 is 0. The smallest absolute Gasteiger partial charge is 0.277 e. The van der Waals surface area contributed by atoms with Gasteiger partial charge in [-0.3, -0.25) is 4.79 Å². The van der Waals surface area contributed by atoms with E-state index in [1.807, 2.05) is 42.5 Å². The van der Waals surface area contributed by atoms with Gasteiger partial charge in [-0.2, -0.15) is 5.10 Å². The highest BCUT2D eigenvalue weighted by molar-refractivity contribution is 5.89. The Labute approximate surface area is 195 Å². The van der Waals surface area contributed by atoms with E-state index in [1.54, 1.807) is 13.3 Å². The van der Waals surface area contributed by atoms with Gasteiger partial charge in [0.2, 0.25) is 0 Å².